The number of carbonyl (C=O) groups excluding carboxylic acids is 4. The topological polar surface area (TPSA) is 80.3 Å². The van der Waals surface area contributed by atoms with Crippen molar-refractivity contribution >= 4 is 28.9 Å². The van der Waals surface area contributed by atoms with Crippen molar-refractivity contribution in [2.24, 2.45) is 11.8 Å². The number of anilines is 1. The van der Waals surface area contributed by atoms with E-state index in [1.807, 2.05) is 77.9 Å². The van der Waals surface area contributed by atoms with E-state index in [1.54, 1.807) is 13.0 Å². The summed E-state index contributed by atoms with van der Waals surface area (Å²) in [4.78, 5) is 46.3. The van der Waals surface area contributed by atoms with Crippen LogP contribution in [0.25, 0.3) is 0 Å². The number of rotatable bonds is 11. The van der Waals surface area contributed by atoms with Crippen LogP contribution in [0.4, 0.5) is 5.69 Å². The van der Waals surface area contributed by atoms with Crippen LogP contribution >= 0.6 is 0 Å². The van der Waals surface area contributed by atoms with Gasteiger partial charge in [0.25, 0.3) is 5.91 Å². The van der Waals surface area contributed by atoms with Gasteiger partial charge in [0, 0.05) is 41.5 Å². The molecule has 0 spiro atoms. The Morgan fingerprint density at radius 3 is 2.03 bits per heavy atom. The summed E-state index contributed by atoms with van der Waals surface area (Å²) in [6, 6.07) is 13.0. The maximum atomic E-state index is 12.5. The van der Waals surface area contributed by atoms with Gasteiger partial charge in [-0.15, -0.1) is 0 Å². The zero-order chi connectivity index (χ0) is 26.5. The Kier molecular flexibility index (Phi) is 12.9. The monoisotopic (exact) mass is 479 g/mol. The van der Waals surface area contributed by atoms with Crippen molar-refractivity contribution in [3.05, 3.63) is 64.7 Å². The number of amides is 1. The molecule has 0 saturated carbocycles. The fourth-order valence-electron chi connectivity index (χ4n) is 3.32. The van der Waals surface area contributed by atoms with Gasteiger partial charge in [-0.25, -0.2) is 0 Å². The SMILES string of the molecule is CCC(=O)CCC(C)C(C)=O.CCc1cc(NC(=O)c2ccc(C)cc2)ccc1C(=O)C(C)CC. The second-order valence-electron chi connectivity index (χ2n) is 9.16. The molecule has 0 radical (unpaired) electrons. The van der Waals surface area contributed by atoms with Crippen LogP contribution in [0.5, 0.6) is 0 Å². The summed E-state index contributed by atoms with van der Waals surface area (Å²) in [5, 5.41) is 2.91. The Bertz CT molecular complexity index is 1010. The highest BCUT2D eigenvalue weighted by atomic mass is 16.2. The average Bonchev–Trinajstić information content (AvgIpc) is 2.86. The van der Waals surface area contributed by atoms with Gasteiger partial charge < -0.3 is 5.32 Å². The molecule has 0 aliphatic rings. The standard InChI is InChI=1S/C21H25NO2.C9H16O2/c1-5-15(4)20(23)19-12-11-18(13-16(19)6-2)22-21(24)17-9-7-14(3)8-10-17;1-4-9(11)6-5-7(2)8(3)10/h7-13,15H,5-6H2,1-4H3,(H,22,24);7H,4-6H2,1-3H3. The van der Waals surface area contributed by atoms with Crippen molar-refractivity contribution in [2.75, 3.05) is 5.32 Å². The summed E-state index contributed by atoms with van der Waals surface area (Å²) in [5.41, 5.74) is 4.20. The van der Waals surface area contributed by atoms with Crippen molar-refractivity contribution in [1.29, 1.82) is 0 Å². The Morgan fingerprint density at radius 2 is 1.51 bits per heavy atom. The van der Waals surface area contributed by atoms with Gasteiger partial charge in [0.15, 0.2) is 5.78 Å². The molecule has 2 aromatic carbocycles. The molecule has 0 saturated heterocycles. The summed E-state index contributed by atoms with van der Waals surface area (Å²) < 4.78 is 0. The first-order chi connectivity index (χ1) is 16.5. The van der Waals surface area contributed by atoms with Crippen LogP contribution in [0.2, 0.25) is 0 Å². The van der Waals surface area contributed by atoms with Crippen LogP contribution < -0.4 is 5.32 Å². The molecular weight excluding hydrogens is 438 g/mol. The highest BCUT2D eigenvalue weighted by molar-refractivity contribution is 6.05. The van der Waals surface area contributed by atoms with E-state index in [0.29, 0.717) is 24.8 Å². The van der Waals surface area contributed by atoms with Gasteiger partial charge in [0.05, 0.1) is 0 Å². The van der Waals surface area contributed by atoms with E-state index < -0.39 is 0 Å². The molecule has 1 N–H and O–H groups in total. The smallest absolute Gasteiger partial charge is 0.255 e. The summed E-state index contributed by atoms with van der Waals surface area (Å²) in [6.07, 6.45) is 3.43. The van der Waals surface area contributed by atoms with Crippen LogP contribution in [-0.2, 0) is 16.0 Å². The molecule has 190 valence electrons. The Morgan fingerprint density at radius 1 is 0.886 bits per heavy atom. The fraction of sp³-hybridized carbons (Fsp3) is 0.467. The minimum absolute atomic E-state index is 0.0169. The van der Waals surface area contributed by atoms with Gasteiger partial charge in [-0.1, -0.05) is 52.3 Å². The van der Waals surface area contributed by atoms with Gasteiger partial charge in [0.1, 0.15) is 11.6 Å². The lowest BCUT2D eigenvalue weighted by atomic mass is 9.92. The van der Waals surface area contributed by atoms with Crippen LogP contribution in [0.1, 0.15) is 99.1 Å². The van der Waals surface area contributed by atoms with Gasteiger partial charge in [-0.2, -0.15) is 0 Å². The number of nitrogens with one attached hydrogen (secondary N) is 1. The van der Waals surface area contributed by atoms with Gasteiger partial charge in [0.2, 0.25) is 0 Å². The number of Topliss-reactive ketones (excluding diaryl/α,β-unsaturated/α-hetero) is 3. The third-order valence-electron chi connectivity index (χ3n) is 6.33. The summed E-state index contributed by atoms with van der Waals surface area (Å²) >= 11 is 0. The number of hydrogen-bond acceptors (Lipinski definition) is 4. The molecule has 35 heavy (non-hydrogen) atoms. The minimum Gasteiger partial charge on any atom is -0.322 e. The van der Waals surface area contributed by atoms with E-state index >= 15 is 0 Å². The average molecular weight is 480 g/mol. The van der Waals surface area contributed by atoms with Crippen molar-refractivity contribution in [3.8, 4) is 0 Å². The zero-order valence-electron chi connectivity index (χ0n) is 22.4. The molecule has 0 bridgehead atoms. The zero-order valence-corrected chi connectivity index (χ0v) is 22.4. The van der Waals surface area contributed by atoms with E-state index in [2.05, 4.69) is 5.32 Å². The Hall–Kier alpha value is -3.08. The van der Waals surface area contributed by atoms with Crippen molar-refractivity contribution < 1.29 is 19.2 Å². The van der Waals surface area contributed by atoms with Crippen molar-refractivity contribution in [3.63, 3.8) is 0 Å². The summed E-state index contributed by atoms with van der Waals surface area (Å²) in [5.74, 6) is 0.518. The first-order valence-corrected chi connectivity index (χ1v) is 12.6. The second-order valence-corrected chi connectivity index (χ2v) is 9.16. The van der Waals surface area contributed by atoms with Crippen LogP contribution in [0, 0.1) is 18.8 Å². The lowest BCUT2D eigenvalue weighted by Gasteiger charge is -2.14. The van der Waals surface area contributed by atoms with Gasteiger partial charge >= 0.3 is 0 Å². The highest BCUT2D eigenvalue weighted by Crippen LogP contribution is 2.21. The first kappa shape index (κ1) is 30.0. The summed E-state index contributed by atoms with van der Waals surface area (Å²) in [7, 11) is 0. The van der Waals surface area contributed by atoms with Gasteiger partial charge in [-0.05, 0) is 69.0 Å². The van der Waals surface area contributed by atoms with Crippen LogP contribution in [0.15, 0.2) is 42.5 Å². The van der Waals surface area contributed by atoms with Crippen LogP contribution in [-0.4, -0.2) is 23.3 Å². The van der Waals surface area contributed by atoms with E-state index in [9.17, 15) is 19.2 Å². The molecule has 5 heteroatoms. The lowest BCUT2D eigenvalue weighted by Crippen LogP contribution is -2.15. The number of aryl methyl sites for hydroxylation is 2. The minimum atomic E-state index is -0.141. The quantitative estimate of drug-likeness (QED) is 0.352. The van der Waals surface area contributed by atoms with E-state index in [0.717, 1.165) is 35.2 Å². The molecule has 2 aromatic rings. The molecule has 0 heterocycles. The lowest BCUT2D eigenvalue weighted by molar-refractivity contribution is -0.121. The maximum Gasteiger partial charge on any atom is 0.255 e. The van der Waals surface area contributed by atoms with E-state index in [1.165, 1.54) is 0 Å². The van der Waals surface area contributed by atoms with Gasteiger partial charge in [-0.3, -0.25) is 19.2 Å². The Labute approximate surface area is 210 Å². The normalized spacial score (nSPS) is 12.1. The number of carbonyl (C=O) groups is 4. The number of benzene rings is 2. The number of hydrogen-bond donors (Lipinski definition) is 1. The molecule has 2 unspecified atom stereocenters. The molecule has 0 aliphatic heterocycles. The van der Waals surface area contributed by atoms with E-state index in [4.69, 9.17) is 0 Å². The van der Waals surface area contributed by atoms with E-state index in [-0.39, 0.29) is 35.1 Å². The maximum absolute atomic E-state index is 12.5. The number of ketones is 3. The molecule has 0 aliphatic carbocycles. The summed E-state index contributed by atoms with van der Waals surface area (Å²) in [6.45, 7) is 13.3. The molecule has 2 rings (SSSR count). The molecule has 2 atom stereocenters. The third-order valence-corrected chi connectivity index (χ3v) is 6.33. The first-order valence-electron chi connectivity index (χ1n) is 12.6. The predicted molar refractivity (Wildman–Crippen MR) is 143 cm³/mol. The molecule has 0 aromatic heterocycles. The molecule has 5 nitrogen and oxygen atoms in total. The van der Waals surface area contributed by atoms with Crippen LogP contribution in [0.3, 0.4) is 0 Å². The molecule has 0 fully saturated rings. The third kappa shape index (κ3) is 9.97. The predicted octanol–water partition coefficient (Wildman–Crippen LogP) is 7.01. The highest BCUT2D eigenvalue weighted by Gasteiger charge is 2.17. The molecular formula is C30H41NO4. The van der Waals surface area contributed by atoms with Crippen molar-refractivity contribution in [1.82, 2.24) is 0 Å². The molecule has 1 amide bonds. The Balaban J connectivity index is 0.000000471. The second kappa shape index (κ2) is 15.0. The largest absolute Gasteiger partial charge is 0.322 e. The fourth-order valence-corrected chi connectivity index (χ4v) is 3.32. The van der Waals surface area contributed by atoms with Crippen molar-refractivity contribution in [2.45, 2.75) is 80.6 Å².